The summed E-state index contributed by atoms with van der Waals surface area (Å²) < 4.78 is 40.1. The number of carbonyl (C=O) groups is 2. The molecule has 0 aliphatic heterocycles. The number of nitrogens with zero attached hydrogens (tertiary/aromatic N) is 2. The summed E-state index contributed by atoms with van der Waals surface area (Å²) in [5.74, 6) is -1.15. The number of imidazole rings is 1. The van der Waals surface area contributed by atoms with Crippen LogP contribution < -0.4 is 10.6 Å². The maximum absolute atomic E-state index is 12.7. The Morgan fingerprint density at radius 1 is 1.00 bits per heavy atom. The van der Waals surface area contributed by atoms with Gasteiger partial charge in [0, 0.05) is 36.7 Å². The monoisotopic (exact) mass is 416 g/mol. The molecule has 0 radical (unpaired) electrons. The summed E-state index contributed by atoms with van der Waals surface area (Å²) in [7, 11) is 0. The SMILES string of the molecule is O=C(NCCCn1ccnc1-c1ccccc1)C(=O)Nc1cccc(C(F)(F)F)c1. The fraction of sp³-hybridized carbons (Fsp3) is 0.190. The molecule has 9 heteroatoms. The van der Waals surface area contributed by atoms with Gasteiger partial charge in [-0.3, -0.25) is 9.59 Å². The van der Waals surface area contributed by atoms with E-state index in [1.165, 1.54) is 6.07 Å². The van der Waals surface area contributed by atoms with E-state index in [-0.39, 0.29) is 12.2 Å². The highest BCUT2D eigenvalue weighted by Gasteiger charge is 2.30. The van der Waals surface area contributed by atoms with Crippen LogP contribution in [0.2, 0.25) is 0 Å². The molecule has 0 atom stereocenters. The third-order valence-corrected chi connectivity index (χ3v) is 4.26. The van der Waals surface area contributed by atoms with Crippen molar-refractivity contribution in [3.63, 3.8) is 0 Å². The lowest BCUT2D eigenvalue weighted by atomic mass is 10.2. The highest BCUT2D eigenvalue weighted by Crippen LogP contribution is 2.30. The van der Waals surface area contributed by atoms with Crippen molar-refractivity contribution in [2.45, 2.75) is 19.1 Å². The van der Waals surface area contributed by atoms with Crippen LogP contribution in [0, 0.1) is 0 Å². The number of alkyl halides is 3. The molecule has 1 aromatic heterocycles. The number of hydrogen-bond acceptors (Lipinski definition) is 3. The number of anilines is 1. The molecule has 2 N–H and O–H groups in total. The lowest BCUT2D eigenvalue weighted by Crippen LogP contribution is -2.36. The highest BCUT2D eigenvalue weighted by molar-refractivity contribution is 6.39. The van der Waals surface area contributed by atoms with Gasteiger partial charge >= 0.3 is 18.0 Å². The number of rotatable bonds is 6. The first-order valence-electron chi connectivity index (χ1n) is 9.17. The molecule has 0 aliphatic rings. The zero-order valence-electron chi connectivity index (χ0n) is 15.8. The molecule has 3 rings (SSSR count). The summed E-state index contributed by atoms with van der Waals surface area (Å²) in [6.07, 6.45) is -0.485. The van der Waals surface area contributed by atoms with Crippen LogP contribution in [0.5, 0.6) is 0 Å². The van der Waals surface area contributed by atoms with Gasteiger partial charge in [0.05, 0.1) is 5.56 Å². The van der Waals surface area contributed by atoms with Gasteiger partial charge in [-0.25, -0.2) is 4.98 Å². The molecule has 0 saturated heterocycles. The molecule has 0 saturated carbocycles. The van der Waals surface area contributed by atoms with Crippen LogP contribution in [0.4, 0.5) is 18.9 Å². The molecule has 156 valence electrons. The summed E-state index contributed by atoms with van der Waals surface area (Å²) in [6.45, 7) is 0.793. The molecular formula is C21H19F3N4O2. The maximum Gasteiger partial charge on any atom is 0.416 e. The fourth-order valence-corrected chi connectivity index (χ4v) is 2.83. The Hall–Kier alpha value is -3.62. The normalized spacial score (nSPS) is 11.2. The van der Waals surface area contributed by atoms with Gasteiger partial charge in [-0.2, -0.15) is 13.2 Å². The summed E-state index contributed by atoms with van der Waals surface area (Å²) in [6, 6.07) is 13.7. The third kappa shape index (κ3) is 5.47. The van der Waals surface area contributed by atoms with E-state index in [1.54, 1.807) is 6.20 Å². The van der Waals surface area contributed by atoms with Gasteiger partial charge in [0.25, 0.3) is 0 Å². The Morgan fingerprint density at radius 3 is 2.50 bits per heavy atom. The molecule has 1 heterocycles. The first-order chi connectivity index (χ1) is 14.3. The van der Waals surface area contributed by atoms with Crippen molar-refractivity contribution in [2.75, 3.05) is 11.9 Å². The van der Waals surface area contributed by atoms with E-state index >= 15 is 0 Å². The molecule has 0 unspecified atom stereocenters. The fourth-order valence-electron chi connectivity index (χ4n) is 2.83. The first-order valence-corrected chi connectivity index (χ1v) is 9.17. The third-order valence-electron chi connectivity index (χ3n) is 4.26. The van der Waals surface area contributed by atoms with Gasteiger partial charge in [0.2, 0.25) is 0 Å². The second-order valence-electron chi connectivity index (χ2n) is 6.45. The first kappa shape index (κ1) is 21.1. The zero-order valence-corrected chi connectivity index (χ0v) is 15.8. The standard InChI is InChI=1S/C21H19F3N4O2/c22-21(23,24)16-8-4-9-17(14-16)27-20(30)19(29)26-10-5-12-28-13-11-25-18(28)15-6-2-1-3-7-15/h1-4,6-9,11,13-14H,5,10,12H2,(H,26,29)(H,27,30). The smallest absolute Gasteiger partial charge is 0.348 e. The Balaban J connectivity index is 1.48. The molecule has 0 spiro atoms. The van der Waals surface area contributed by atoms with Crippen molar-refractivity contribution in [3.8, 4) is 11.4 Å². The summed E-state index contributed by atoms with van der Waals surface area (Å²) in [5, 5.41) is 4.64. The number of benzene rings is 2. The van der Waals surface area contributed by atoms with Crippen LogP contribution in [-0.2, 0) is 22.3 Å². The average molecular weight is 416 g/mol. The topological polar surface area (TPSA) is 76.0 Å². The predicted molar refractivity (Wildman–Crippen MR) is 105 cm³/mol. The average Bonchev–Trinajstić information content (AvgIpc) is 3.20. The van der Waals surface area contributed by atoms with E-state index in [2.05, 4.69) is 15.6 Å². The minimum atomic E-state index is -4.53. The largest absolute Gasteiger partial charge is 0.416 e. The van der Waals surface area contributed by atoms with E-state index < -0.39 is 23.6 Å². The minimum Gasteiger partial charge on any atom is -0.348 e. The van der Waals surface area contributed by atoms with E-state index in [1.807, 2.05) is 41.1 Å². The predicted octanol–water partition coefficient (Wildman–Crippen LogP) is 3.71. The second-order valence-corrected chi connectivity index (χ2v) is 6.45. The van der Waals surface area contributed by atoms with E-state index in [9.17, 15) is 22.8 Å². The Kier molecular flexibility index (Phi) is 6.51. The van der Waals surface area contributed by atoms with E-state index in [0.29, 0.717) is 13.0 Å². The van der Waals surface area contributed by atoms with Gasteiger partial charge in [-0.05, 0) is 24.6 Å². The van der Waals surface area contributed by atoms with E-state index in [0.717, 1.165) is 29.6 Å². The molecule has 2 amide bonds. The van der Waals surface area contributed by atoms with Crippen molar-refractivity contribution < 1.29 is 22.8 Å². The lowest BCUT2D eigenvalue weighted by molar-refractivity contribution is -0.137. The number of aromatic nitrogens is 2. The van der Waals surface area contributed by atoms with Crippen LogP contribution in [-0.4, -0.2) is 27.9 Å². The van der Waals surface area contributed by atoms with E-state index in [4.69, 9.17) is 0 Å². The minimum absolute atomic E-state index is 0.101. The number of aryl methyl sites for hydroxylation is 1. The van der Waals surface area contributed by atoms with Crippen molar-refractivity contribution in [1.82, 2.24) is 14.9 Å². The zero-order chi connectivity index (χ0) is 21.6. The van der Waals surface area contributed by atoms with Crippen LogP contribution in [0.25, 0.3) is 11.4 Å². The Morgan fingerprint density at radius 2 is 1.77 bits per heavy atom. The number of halogens is 3. The van der Waals surface area contributed by atoms with Gasteiger partial charge in [-0.1, -0.05) is 36.4 Å². The Labute approximate surface area is 170 Å². The number of hydrogen-bond donors (Lipinski definition) is 2. The van der Waals surface area contributed by atoms with Crippen molar-refractivity contribution >= 4 is 17.5 Å². The van der Waals surface area contributed by atoms with Crippen molar-refractivity contribution in [3.05, 3.63) is 72.6 Å². The highest BCUT2D eigenvalue weighted by atomic mass is 19.4. The molecule has 0 bridgehead atoms. The van der Waals surface area contributed by atoms with Crippen LogP contribution >= 0.6 is 0 Å². The molecular weight excluding hydrogens is 397 g/mol. The lowest BCUT2D eigenvalue weighted by Gasteiger charge is -2.10. The van der Waals surface area contributed by atoms with Gasteiger partial charge in [-0.15, -0.1) is 0 Å². The van der Waals surface area contributed by atoms with Crippen molar-refractivity contribution in [1.29, 1.82) is 0 Å². The number of amides is 2. The number of nitrogens with one attached hydrogen (secondary N) is 2. The van der Waals surface area contributed by atoms with Gasteiger partial charge < -0.3 is 15.2 Å². The summed E-state index contributed by atoms with van der Waals surface area (Å²) in [5.41, 5.74) is -0.0434. The van der Waals surface area contributed by atoms with Crippen molar-refractivity contribution in [2.24, 2.45) is 0 Å². The van der Waals surface area contributed by atoms with Crippen LogP contribution in [0.3, 0.4) is 0 Å². The molecule has 6 nitrogen and oxygen atoms in total. The van der Waals surface area contributed by atoms with Gasteiger partial charge in [0.1, 0.15) is 5.82 Å². The number of carbonyl (C=O) groups excluding carboxylic acids is 2. The quantitative estimate of drug-likeness (QED) is 0.475. The Bertz CT molecular complexity index is 1020. The van der Waals surface area contributed by atoms with Crippen LogP contribution in [0.15, 0.2) is 67.0 Å². The maximum atomic E-state index is 12.7. The molecule has 0 aliphatic carbocycles. The molecule has 3 aromatic rings. The van der Waals surface area contributed by atoms with Crippen LogP contribution in [0.1, 0.15) is 12.0 Å². The van der Waals surface area contributed by atoms with Gasteiger partial charge in [0.15, 0.2) is 0 Å². The molecule has 0 fully saturated rings. The molecule has 30 heavy (non-hydrogen) atoms. The molecule has 2 aromatic carbocycles. The second kappa shape index (κ2) is 9.25. The summed E-state index contributed by atoms with van der Waals surface area (Å²) >= 11 is 0. The summed E-state index contributed by atoms with van der Waals surface area (Å²) in [4.78, 5) is 28.2.